The summed E-state index contributed by atoms with van der Waals surface area (Å²) in [5, 5.41) is 0. The van der Waals surface area contributed by atoms with Gasteiger partial charge in [0.2, 0.25) is 0 Å². The number of hydrogen-bond acceptors (Lipinski definition) is 4. The van der Waals surface area contributed by atoms with Crippen molar-refractivity contribution in [3.8, 4) is 0 Å². The summed E-state index contributed by atoms with van der Waals surface area (Å²) in [5.41, 5.74) is 1.83. The van der Waals surface area contributed by atoms with Crippen LogP contribution in [0, 0.1) is 0 Å². The molecule has 1 aromatic rings. The molecule has 2 aliphatic heterocycles. The predicted octanol–water partition coefficient (Wildman–Crippen LogP) is 2.16. The van der Waals surface area contributed by atoms with Crippen molar-refractivity contribution in [1.82, 2.24) is 9.80 Å². The van der Waals surface area contributed by atoms with Crippen LogP contribution in [0.15, 0.2) is 24.3 Å². The monoisotopic (exact) mass is 332 g/mol. The summed E-state index contributed by atoms with van der Waals surface area (Å²) in [6.45, 7) is 4.53. The highest BCUT2D eigenvalue weighted by molar-refractivity contribution is 5.94. The summed E-state index contributed by atoms with van der Waals surface area (Å²) in [7, 11) is 3.42. The van der Waals surface area contributed by atoms with Crippen molar-refractivity contribution >= 4 is 5.91 Å². The molecule has 2 saturated heterocycles. The quantitative estimate of drug-likeness (QED) is 0.801. The molecule has 5 heteroatoms. The fourth-order valence-corrected chi connectivity index (χ4v) is 3.81. The molecule has 0 radical (unpaired) electrons. The second kappa shape index (κ2) is 8.10. The molecule has 0 saturated carbocycles. The average molecular weight is 332 g/mol. The van der Waals surface area contributed by atoms with Gasteiger partial charge in [0.15, 0.2) is 0 Å². The molecule has 1 aromatic carbocycles. The van der Waals surface area contributed by atoms with Gasteiger partial charge >= 0.3 is 0 Å². The van der Waals surface area contributed by atoms with Gasteiger partial charge in [-0.25, -0.2) is 0 Å². The van der Waals surface area contributed by atoms with Crippen molar-refractivity contribution in [3.05, 3.63) is 35.4 Å². The van der Waals surface area contributed by atoms with Crippen molar-refractivity contribution in [1.29, 1.82) is 0 Å². The third kappa shape index (κ3) is 3.97. The number of hydrogen-bond donors (Lipinski definition) is 0. The summed E-state index contributed by atoms with van der Waals surface area (Å²) >= 11 is 0. The van der Waals surface area contributed by atoms with Gasteiger partial charge < -0.3 is 19.3 Å². The van der Waals surface area contributed by atoms with Crippen molar-refractivity contribution in [2.45, 2.75) is 38.0 Å². The Hall–Kier alpha value is -1.43. The first-order valence-corrected chi connectivity index (χ1v) is 8.85. The number of carbonyl (C=O) groups excluding carboxylic acids is 1. The molecule has 5 nitrogen and oxygen atoms in total. The van der Waals surface area contributed by atoms with E-state index in [-0.39, 0.29) is 18.1 Å². The molecule has 132 valence electrons. The minimum atomic E-state index is 0.114. The van der Waals surface area contributed by atoms with E-state index in [1.54, 1.807) is 14.2 Å². The number of ether oxygens (including phenoxy) is 2. The SMILES string of the molecule is COCc1ccc(C(=O)N2C[C@@H](OC)C[C@H]2CN2CCCC2)cc1. The summed E-state index contributed by atoms with van der Waals surface area (Å²) < 4.78 is 10.7. The van der Waals surface area contributed by atoms with E-state index in [0.717, 1.165) is 37.2 Å². The van der Waals surface area contributed by atoms with Crippen molar-refractivity contribution in [2.24, 2.45) is 0 Å². The number of amides is 1. The van der Waals surface area contributed by atoms with E-state index in [9.17, 15) is 4.79 Å². The van der Waals surface area contributed by atoms with Crippen molar-refractivity contribution in [2.75, 3.05) is 40.4 Å². The van der Waals surface area contributed by atoms with Crippen LogP contribution in [0.2, 0.25) is 0 Å². The second-order valence-corrected chi connectivity index (χ2v) is 6.84. The molecule has 2 aliphatic rings. The first-order valence-electron chi connectivity index (χ1n) is 8.85. The zero-order valence-corrected chi connectivity index (χ0v) is 14.7. The molecular weight excluding hydrogens is 304 g/mol. The Morgan fingerprint density at radius 1 is 1.17 bits per heavy atom. The van der Waals surface area contributed by atoms with Crippen molar-refractivity contribution < 1.29 is 14.3 Å². The standard InChI is InChI=1S/C19H28N2O3/c1-23-14-15-5-7-16(8-6-15)19(22)21-13-18(24-2)11-17(21)12-20-9-3-4-10-20/h5-8,17-18H,3-4,9-14H2,1-2H3/t17-,18-/m0/s1. The van der Waals surface area contributed by atoms with Gasteiger partial charge in [0.1, 0.15) is 0 Å². The topological polar surface area (TPSA) is 42.0 Å². The molecular formula is C19H28N2O3. The van der Waals surface area contributed by atoms with Gasteiger partial charge in [0.05, 0.1) is 12.7 Å². The molecule has 1 amide bonds. The zero-order valence-electron chi connectivity index (χ0n) is 14.7. The Morgan fingerprint density at radius 2 is 1.88 bits per heavy atom. The highest BCUT2D eigenvalue weighted by atomic mass is 16.5. The maximum Gasteiger partial charge on any atom is 0.254 e. The Kier molecular flexibility index (Phi) is 5.87. The summed E-state index contributed by atoms with van der Waals surface area (Å²) in [5.74, 6) is 0.114. The maximum absolute atomic E-state index is 13.0. The van der Waals surface area contributed by atoms with E-state index in [4.69, 9.17) is 9.47 Å². The molecule has 0 unspecified atom stereocenters. The molecule has 24 heavy (non-hydrogen) atoms. The molecule has 0 N–H and O–H groups in total. The van der Waals surface area contributed by atoms with Crippen LogP contribution in [-0.2, 0) is 16.1 Å². The van der Waals surface area contributed by atoms with Crippen LogP contribution in [0.25, 0.3) is 0 Å². The average Bonchev–Trinajstić information content (AvgIpc) is 3.25. The van der Waals surface area contributed by atoms with Crippen LogP contribution in [-0.4, -0.2) is 68.3 Å². The summed E-state index contributed by atoms with van der Waals surface area (Å²) in [6.07, 6.45) is 3.62. The summed E-state index contributed by atoms with van der Waals surface area (Å²) in [6, 6.07) is 8.00. The fraction of sp³-hybridized carbons (Fsp3) is 0.632. The second-order valence-electron chi connectivity index (χ2n) is 6.84. The number of likely N-dealkylation sites (tertiary alicyclic amines) is 2. The first-order chi connectivity index (χ1) is 11.7. The fourth-order valence-electron chi connectivity index (χ4n) is 3.81. The van der Waals surface area contributed by atoms with E-state index in [1.165, 1.54) is 12.8 Å². The number of methoxy groups -OCH3 is 2. The third-order valence-corrected chi connectivity index (χ3v) is 5.15. The Labute approximate surface area is 144 Å². The van der Waals surface area contributed by atoms with E-state index in [0.29, 0.717) is 13.2 Å². The molecule has 2 fully saturated rings. The molecule has 3 rings (SSSR count). The van der Waals surface area contributed by atoms with E-state index in [2.05, 4.69) is 4.90 Å². The lowest BCUT2D eigenvalue weighted by Crippen LogP contribution is -2.42. The molecule has 0 aliphatic carbocycles. The van der Waals surface area contributed by atoms with Gasteiger partial charge in [-0.2, -0.15) is 0 Å². The van der Waals surface area contributed by atoms with Gasteiger partial charge in [-0.05, 0) is 50.0 Å². The van der Waals surface area contributed by atoms with E-state index < -0.39 is 0 Å². The van der Waals surface area contributed by atoms with Crippen LogP contribution in [0.1, 0.15) is 35.2 Å². The van der Waals surface area contributed by atoms with Crippen molar-refractivity contribution in [3.63, 3.8) is 0 Å². The Bertz CT molecular complexity index is 540. The Morgan fingerprint density at radius 3 is 2.50 bits per heavy atom. The van der Waals surface area contributed by atoms with Gasteiger partial charge in [0, 0.05) is 38.9 Å². The lowest BCUT2D eigenvalue weighted by molar-refractivity contribution is 0.0670. The van der Waals surface area contributed by atoms with E-state index in [1.807, 2.05) is 29.2 Å². The minimum absolute atomic E-state index is 0.114. The number of benzene rings is 1. The Balaban J connectivity index is 1.69. The number of nitrogens with zero attached hydrogens (tertiary/aromatic N) is 2. The summed E-state index contributed by atoms with van der Waals surface area (Å²) in [4.78, 5) is 17.5. The van der Waals surface area contributed by atoms with Gasteiger partial charge in [-0.15, -0.1) is 0 Å². The zero-order chi connectivity index (χ0) is 16.9. The van der Waals surface area contributed by atoms with Gasteiger partial charge in [0.25, 0.3) is 5.91 Å². The lowest BCUT2D eigenvalue weighted by atomic mass is 10.1. The van der Waals surface area contributed by atoms with Crippen LogP contribution < -0.4 is 0 Å². The molecule has 0 bridgehead atoms. The van der Waals surface area contributed by atoms with E-state index >= 15 is 0 Å². The number of carbonyl (C=O) groups is 1. The minimum Gasteiger partial charge on any atom is -0.380 e. The molecule has 0 aromatic heterocycles. The highest BCUT2D eigenvalue weighted by Crippen LogP contribution is 2.24. The maximum atomic E-state index is 13.0. The third-order valence-electron chi connectivity index (χ3n) is 5.15. The first kappa shape index (κ1) is 17.4. The smallest absolute Gasteiger partial charge is 0.254 e. The highest BCUT2D eigenvalue weighted by Gasteiger charge is 2.36. The lowest BCUT2D eigenvalue weighted by Gasteiger charge is -2.28. The normalized spacial score (nSPS) is 24.7. The predicted molar refractivity (Wildman–Crippen MR) is 93.1 cm³/mol. The largest absolute Gasteiger partial charge is 0.380 e. The van der Waals surface area contributed by atoms with Crippen LogP contribution in [0.3, 0.4) is 0 Å². The molecule has 2 heterocycles. The van der Waals surface area contributed by atoms with Gasteiger partial charge in [-0.3, -0.25) is 4.79 Å². The molecule has 0 spiro atoms. The number of rotatable bonds is 6. The van der Waals surface area contributed by atoms with Crippen LogP contribution in [0.4, 0.5) is 0 Å². The molecule has 2 atom stereocenters. The van der Waals surface area contributed by atoms with Crippen LogP contribution >= 0.6 is 0 Å². The van der Waals surface area contributed by atoms with Gasteiger partial charge in [-0.1, -0.05) is 12.1 Å². The van der Waals surface area contributed by atoms with Crippen LogP contribution in [0.5, 0.6) is 0 Å².